The van der Waals surface area contributed by atoms with Crippen LogP contribution in [-0.4, -0.2) is 29.1 Å². The lowest BCUT2D eigenvalue weighted by Gasteiger charge is -2.22. The van der Waals surface area contributed by atoms with Gasteiger partial charge in [0.05, 0.1) is 10.3 Å². The van der Waals surface area contributed by atoms with Crippen molar-refractivity contribution in [2.75, 3.05) is 13.1 Å². The molecule has 6 nitrogen and oxygen atoms in total. The first-order chi connectivity index (χ1) is 8.94. The van der Waals surface area contributed by atoms with Crippen LogP contribution < -0.4 is 5.32 Å². The van der Waals surface area contributed by atoms with Crippen LogP contribution >= 0.6 is 0 Å². The lowest BCUT2D eigenvalue weighted by Crippen LogP contribution is -2.35. The molecule has 1 atom stereocenters. The standard InChI is InChI=1S/C12H13FN2O4/c13-9-5-8(1-2-10(9)15(18)19)6-12(11(16)17)3-4-14-7-12/h1-2,5,14H,3-4,6-7H2,(H,16,17). The molecule has 0 saturated carbocycles. The number of nitro groups is 1. The Balaban J connectivity index is 2.26. The highest BCUT2D eigenvalue weighted by atomic mass is 19.1. The Morgan fingerprint density at radius 2 is 2.32 bits per heavy atom. The van der Waals surface area contributed by atoms with Gasteiger partial charge in [-0.05, 0) is 31.0 Å². The average Bonchev–Trinajstić information content (AvgIpc) is 2.78. The quantitative estimate of drug-likeness (QED) is 0.635. The fraction of sp³-hybridized carbons (Fsp3) is 0.417. The van der Waals surface area contributed by atoms with E-state index >= 15 is 0 Å². The fourth-order valence-corrected chi connectivity index (χ4v) is 2.35. The number of carboxylic acid groups (broad SMARTS) is 1. The number of rotatable bonds is 4. The number of benzene rings is 1. The van der Waals surface area contributed by atoms with Gasteiger partial charge in [0.25, 0.3) is 0 Å². The van der Waals surface area contributed by atoms with Gasteiger partial charge in [0, 0.05) is 12.6 Å². The van der Waals surface area contributed by atoms with Crippen molar-refractivity contribution in [3.05, 3.63) is 39.7 Å². The molecule has 1 aliphatic rings. The fourth-order valence-electron chi connectivity index (χ4n) is 2.35. The van der Waals surface area contributed by atoms with Crippen LogP contribution in [0.5, 0.6) is 0 Å². The molecule has 2 N–H and O–H groups in total. The molecule has 0 aromatic heterocycles. The number of nitrogens with zero attached hydrogens (tertiary/aromatic N) is 1. The van der Waals surface area contributed by atoms with E-state index in [0.29, 0.717) is 25.1 Å². The lowest BCUT2D eigenvalue weighted by molar-refractivity contribution is -0.387. The molecule has 1 saturated heterocycles. The van der Waals surface area contributed by atoms with E-state index in [0.717, 1.165) is 12.1 Å². The minimum Gasteiger partial charge on any atom is -0.481 e. The molecule has 0 radical (unpaired) electrons. The lowest BCUT2D eigenvalue weighted by atomic mass is 9.81. The van der Waals surface area contributed by atoms with Gasteiger partial charge in [-0.2, -0.15) is 4.39 Å². The Morgan fingerprint density at radius 3 is 2.79 bits per heavy atom. The van der Waals surface area contributed by atoms with Gasteiger partial charge in [0.2, 0.25) is 5.82 Å². The van der Waals surface area contributed by atoms with Crippen molar-refractivity contribution in [2.24, 2.45) is 5.41 Å². The van der Waals surface area contributed by atoms with Crippen LogP contribution in [0.4, 0.5) is 10.1 Å². The van der Waals surface area contributed by atoms with Crippen molar-refractivity contribution < 1.29 is 19.2 Å². The first-order valence-electron chi connectivity index (χ1n) is 5.81. The summed E-state index contributed by atoms with van der Waals surface area (Å²) in [6, 6.07) is 3.52. The van der Waals surface area contributed by atoms with Crippen molar-refractivity contribution in [1.29, 1.82) is 0 Å². The van der Waals surface area contributed by atoms with Crippen LogP contribution in [0.15, 0.2) is 18.2 Å². The Kier molecular flexibility index (Phi) is 3.48. The number of nitro benzene ring substituents is 1. The van der Waals surface area contributed by atoms with Crippen LogP contribution in [0.1, 0.15) is 12.0 Å². The normalized spacial score (nSPS) is 22.4. The molecule has 0 bridgehead atoms. The molecule has 1 heterocycles. The maximum atomic E-state index is 13.5. The van der Waals surface area contributed by atoms with Crippen molar-refractivity contribution in [3.63, 3.8) is 0 Å². The van der Waals surface area contributed by atoms with Gasteiger partial charge >= 0.3 is 11.7 Å². The monoisotopic (exact) mass is 268 g/mol. The van der Waals surface area contributed by atoms with Gasteiger partial charge in [0.1, 0.15) is 0 Å². The summed E-state index contributed by atoms with van der Waals surface area (Å²) in [6.07, 6.45) is 0.616. The second-order valence-electron chi connectivity index (χ2n) is 4.73. The molecule has 7 heteroatoms. The number of hydrogen-bond acceptors (Lipinski definition) is 4. The third-order valence-corrected chi connectivity index (χ3v) is 3.45. The molecule has 0 spiro atoms. The molecule has 0 aliphatic carbocycles. The predicted molar refractivity (Wildman–Crippen MR) is 64.3 cm³/mol. The van der Waals surface area contributed by atoms with Gasteiger partial charge in [-0.3, -0.25) is 14.9 Å². The number of hydrogen-bond donors (Lipinski definition) is 2. The van der Waals surface area contributed by atoms with Crippen LogP contribution in [0.2, 0.25) is 0 Å². The van der Waals surface area contributed by atoms with Gasteiger partial charge in [-0.15, -0.1) is 0 Å². The summed E-state index contributed by atoms with van der Waals surface area (Å²) in [6.45, 7) is 0.919. The molecule has 102 valence electrons. The summed E-state index contributed by atoms with van der Waals surface area (Å²) in [5, 5.41) is 22.8. The minimum absolute atomic E-state index is 0.157. The third-order valence-electron chi connectivity index (χ3n) is 3.45. The first-order valence-corrected chi connectivity index (χ1v) is 5.81. The van der Waals surface area contributed by atoms with Crippen molar-refractivity contribution in [2.45, 2.75) is 12.8 Å². The number of carboxylic acids is 1. The zero-order chi connectivity index (χ0) is 14.0. The van der Waals surface area contributed by atoms with Crippen LogP contribution in [0.3, 0.4) is 0 Å². The van der Waals surface area contributed by atoms with Crippen molar-refractivity contribution in [1.82, 2.24) is 5.32 Å². The van der Waals surface area contributed by atoms with Crippen LogP contribution in [-0.2, 0) is 11.2 Å². The number of halogens is 1. The van der Waals surface area contributed by atoms with E-state index in [4.69, 9.17) is 0 Å². The molecule has 19 heavy (non-hydrogen) atoms. The van der Waals surface area contributed by atoms with E-state index in [2.05, 4.69) is 5.32 Å². The molecule has 0 amide bonds. The number of carbonyl (C=O) groups is 1. The highest BCUT2D eigenvalue weighted by Crippen LogP contribution is 2.31. The molecule has 1 aliphatic heterocycles. The van der Waals surface area contributed by atoms with Gasteiger partial charge in [0.15, 0.2) is 0 Å². The van der Waals surface area contributed by atoms with E-state index in [1.807, 2.05) is 0 Å². The van der Waals surface area contributed by atoms with Gasteiger partial charge in [-0.25, -0.2) is 0 Å². The zero-order valence-electron chi connectivity index (χ0n) is 10.1. The Hall–Kier alpha value is -2.02. The van der Waals surface area contributed by atoms with E-state index in [1.54, 1.807) is 0 Å². The van der Waals surface area contributed by atoms with E-state index < -0.39 is 27.8 Å². The van der Waals surface area contributed by atoms with E-state index in [9.17, 15) is 24.4 Å². The largest absolute Gasteiger partial charge is 0.481 e. The summed E-state index contributed by atoms with van der Waals surface area (Å²) < 4.78 is 13.5. The van der Waals surface area contributed by atoms with E-state index in [1.165, 1.54) is 6.07 Å². The SMILES string of the molecule is O=C(O)C1(Cc2ccc([N+](=O)[O-])c(F)c2)CCNC1. The topological polar surface area (TPSA) is 92.5 Å². The molecular weight excluding hydrogens is 255 g/mol. The van der Waals surface area contributed by atoms with E-state index in [-0.39, 0.29) is 6.42 Å². The van der Waals surface area contributed by atoms with Crippen molar-refractivity contribution >= 4 is 11.7 Å². The van der Waals surface area contributed by atoms with Gasteiger partial charge in [-0.1, -0.05) is 6.07 Å². The number of nitrogens with one attached hydrogen (secondary N) is 1. The highest BCUT2D eigenvalue weighted by molar-refractivity contribution is 5.76. The van der Waals surface area contributed by atoms with Crippen molar-refractivity contribution in [3.8, 4) is 0 Å². The average molecular weight is 268 g/mol. The Labute approximate surface area is 108 Å². The predicted octanol–water partition coefficient (Wildman–Crippen LogP) is 1.34. The minimum atomic E-state index is -0.956. The zero-order valence-corrected chi connectivity index (χ0v) is 10.1. The molecular formula is C12H13FN2O4. The molecule has 2 rings (SSSR count). The second kappa shape index (κ2) is 4.93. The summed E-state index contributed by atoms with van der Waals surface area (Å²) in [7, 11) is 0. The first kappa shape index (κ1) is 13.4. The summed E-state index contributed by atoms with van der Waals surface area (Å²) in [5.74, 6) is -1.87. The van der Waals surface area contributed by atoms with Crippen LogP contribution in [0, 0.1) is 21.3 Å². The molecule has 1 aromatic carbocycles. The smallest absolute Gasteiger partial charge is 0.311 e. The van der Waals surface area contributed by atoms with Gasteiger partial charge < -0.3 is 10.4 Å². The maximum Gasteiger partial charge on any atom is 0.311 e. The summed E-state index contributed by atoms with van der Waals surface area (Å²) in [4.78, 5) is 21.1. The second-order valence-corrected chi connectivity index (χ2v) is 4.73. The maximum absolute atomic E-state index is 13.5. The summed E-state index contributed by atoms with van der Waals surface area (Å²) in [5.41, 5.74) is -1.10. The third kappa shape index (κ3) is 2.55. The van der Waals surface area contributed by atoms with Crippen LogP contribution in [0.25, 0.3) is 0 Å². The molecule has 1 aromatic rings. The molecule has 1 fully saturated rings. The Bertz CT molecular complexity index is 526. The Morgan fingerprint density at radius 1 is 1.58 bits per heavy atom. The molecule has 1 unspecified atom stereocenters. The number of aliphatic carboxylic acids is 1. The highest BCUT2D eigenvalue weighted by Gasteiger charge is 2.41. The summed E-state index contributed by atoms with van der Waals surface area (Å²) >= 11 is 0.